The molecule has 140 valence electrons. The van der Waals surface area contributed by atoms with Crippen LogP contribution in [0.4, 0.5) is 29.3 Å². The standard InChI is InChI=1S/C16H15F3N2O4S/c1-2-25-15(22)20-12-6-8-14(9-7-12)26(23,24)21-13-5-3-4-11(10-13)16(17,18)19/h3-10,21H,2H2,1H3,(H,20,22). The first-order valence-electron chi connectivity index (χ1n) is 7.36. The summed E-state index contributed by atoms with van der Waals surface area (Å²) in [6.07, 6.45) is -5.27. The van der Waals surface area contributed by atoms with Gasteiger partial charge in [0.1, 0.15) is 0 Å². The van der Waals surface area contributed by atoms with Gasteiger partial charge in [-0.15, -0.1) is 0 Å². The Balaban J connectivity index is 2.16. The Morgan fingerprint density at radius 2 is 1.73 bits per heavy atom. The van der Waals surface area contributed by atoms with Crippen LogP contribution >= 0.6 is 0 Å². The maximum absolute atomic E-state index is 12.7. The third-order valence-electron chi connectivity index (χ3n) is 3.13. The number of benzene rings is 2. The number of amides is 1. The second kappa shape index (κ2) is 7.65. The number of ether oxygens (including phenoxy) is 1. The van der Waals surface area contributed by atoms with Crippen LogP contribution in [0.5, 0.6) is 0 Å². The summed E-state index contributed by atoms with van der Waals surface area (Å²) in [5.41, 5.74) is -0.873. The number of carbonyl (C=O) groups is 1. The van der Waals surface area contributed by atoms with Crippen LogP contribution < -0.4 is 10.0 Å². The van der Waals surface area contributed by atoms with Crippen LogP contribution in [0.1, 0.15) is 12.5 Å². The first-order chi connectivity index (χ1) is 12.1. The number of hydrogen-bond donors (Lipinski definition) is 2. The van der Waals surface area contributed by atoms with Gasteiger partial charge >= 0.3 is 12.3 Å². The molecule has 2 rings (SSSR count). The van der Waals surface area contributed by atoms with Gasteiger partial charge in [-0.2, -0.15) is 13.2 Å². The maximum atomic E-state index is 12.7. The highest BCUT2D eigenvalue weighted by atomic mass is 32.2. The van der Waals surface area contributed by atoms with Crippen molar-refractivity contribution in [3.05, 3.63) is 54.1 Å². The van der Waals surface area contributed by atoms with E-state index in [1.807, 2.05) is 0 Å². The number of rotatable bonds is 5. The molecule has 6 nitrogen and oxygen atoms in total. The Hall–Kier alpha value is -2.75. The van der Waals surface area contributed by atoms with Gasteiger partial charge in [-0.1, -0.05) is 6.07 Å². The van der Waals surface area contributed by atoms with Crippen LogP contribution in [0.2, 0.25) is 0 Å². The van der Waals surface area contributed by atoms with E-state index in [2.05, 4.69) is 14.8 Å². The van der Waals surface area contributed by atoms with Gasteiger partial charge in [0.05, 0.1) is 17.1 Å². The first-order valence-corrected chi connectivity index (χ1v) is 8.84. The third-order valence-corrected chi connectivity index (χ3v) is 4.53. The average molecular weight is 388 g/mol. The first kappa shape index (κ1) is 19.6. The Morgan fingerprint density at radius 1 is 1.08 bits per heavy atom. The number of sulfonamides is 1. The number of alkyl halides is 3. The number of nitrogens with one attached hydrogen (secondary N) is 2. The van der Waals surface area contributed by atoms with Gasteiger partial charge in [-0.3, -0.25) is 10.0 Å². The highest BCUT2D eigenvalue weighted by Crippen LogP contribution is 2.31. The molecule has 0 aliphatic rings. The molecular formula is C16H15F3N2O4S. The summed E-state index contributed by atoms with van der Waals surface area (Å²) < 4.78 is 69.5. The molecule has 0 aliphatic carbocycles. The SMILES string of the molecule is CCOC(=O)Nc1ccc(S(=O)(=O)Nc2cccc(C(F)(F)F)c2)cc1. The highest BCUT2D eigenvalue weighted by molar-refractivity contribution is 7.92. The highest BCUT2D eigenvalue weighted by Gasteiger charge is 2.30. The smallest absolute Gasteiger partial charge is 0.416 e. The minimum atomic E-state index is -4.58. The minimum absolute atomic E-state index is 0.177. The Kier molecular flexibility index (Phi) is 5.76. The Bertz CT molecular complexity index is 881. The van der Waals surface area contributed by atoms with Crippen molar-refractivity contribution in [3.63, 3.8) is 0 Å². The fourth-order valence-electron chi connectivity index (χ4n) is 1.98. The molecule has 2 aromatic carbocycles. The second-order valence-electron chi connectivity index (χ2n) is 5.05. The van der Waals surface area contributed by atoms with E-state index in [1.54, 1.807) is 6.92 Å². The molecule has 0 unspecified atom stereocenters. The van der Waals surface area contributed by atoms with Gasteiger partial charge in [0.2, 0.25) is 0 Å². The zero-order valence-electron chi connectivity index (χ0n) is 13.5. The summed E-state index contributed by atoms with van der Waals surface area (Å²) in [5, 5.41) is 2.39. The van der Waals surface area contributed by atoms with E-state index in [9.17, 15) is 26.4 Å². The molecule has 0 heterocycles. The van der Waals surface area contributed by atoms with Crippen molar-refractivity contribution in [1.82, 2.24) is 0 Å². The quantitative estimate of drug-likeness (QED) is 0.809. The fourth-order valence-corrected chi connectivity index (χ4v) is 3.03. The van der Waals surface area contributed by atoms with Gasteiger partial charge < -0.3 is 4.74 Å². The summed E-state index contributed by atoms with van der Waals surface area (Å²) in [7, 11) is -4.09. The number of carbonyl (C=O) groups excluding carboxylic acids is 1. The van der Waals surface area contributed by atoms with E-state index in [0.29, 0.717) is 11.8 Å². The zero-order valence-corrected chi connectivity index (χ0v) is 14.3. The van der Waals surface area contributed by atoms with E-state index < -0.39 is 27.9 Å². The third kappa shape index (κ3) is 5.12. The van der Waals surface area contributed by atoms with Crippen molar-refractivity contribution in [2.75, 3.05) is 16.6 Å². The molecule has 2 aromatic rings. The lowest BCUT2D eigenvalue weighted by Crippen LogP contribution is -2.15. The number of halogens is 3. The molecule has 0 radical (unpaired) electrons. The maximum Gasteiger partial charge on any atom is 0.416 e. The molecule has 2 N–H and O–H groups in total. The molecule has 0 saturated heterocycles. The van der Waals surface area contributed by atoms with Gasteiger partial charge in [0.15, 0.2) is 0 Å². The van der Waals surface area contributed by atoms with Crippen LogP contribution in [-0.2, 0) is 20.9 Å². The zero-order chi connectivity index (χ0) is 19.4. The van der Waals surface area contributed by atoms with Crippen LogP contribution in [0.25, 0.3) is 0 Å². The van der Waals surface area contributed by atoms with Crippen LogP contribution in [0.15, 0.2) is 53.4 Å². The molecule has 0 fully saturated rings. The summed E-state index contributed by atoms with van der Waals surface area (Å²) in [6, 6.07) is 8.93. The van der Waals surface area contributed by atoms with Crippen LogP contribution in [-0.4, -0.2) is 21.1 Å². The fraction of sp³-hybridized carbons (Fsp3) is 0.188. The Morgan fingerprint density at radius 3 is 2.31 bits per heavy atom. The molecule has 0 aliphatic heterocycles. The van der Waals surface area contributed by atoms with E-state index in [0.717, 1.165) is 12.1 Å². The predicted octanol–water partition coefficient (Wildman–Crippen LogP) is 4.07. The number of anilines is 2. The van der Waals surface area contributed by atoms with Crippen molar-refractivity contribution in [2.24, 2.45) is 0 Å². The van der Waals surface area contributed by atoms with E-state index >= 15 is 0 Å². The second-order valence-corrected chi connectivity index (χ2v) is 6.74. The molecule has 26 heavy (non-hydrogen) atoms. The van der Waals surface area contributed by atoms with Crippen LogP contribution in [0, 0.1) is 0 Å². The van der Waals surface area contributed by atoms with Gasteiger partial charge in [-0.05, 0) is 49.4 Å². The summed E-state index contributed by atoms with van der Waals surface area (Å²) in [6.45, 7) is 1.81. The lowest BCUT2D eigenvalue weighted by Gasteiger charge is -2.12. The molecule has 0 aromatic heterocycles. The average Bonchev–Trinajstić information content (AvgIpc) is 2.54. The monoisotopic (exact) mass is 388 g/mol. The molecule has 0 spiro atoms. The normalized spacial score (nSPS) is 11.7. The largest absolute Gasteiger partial charge is 0.450 e. The van der Waals surface area contributed by atoms with Gasteiger partial charge in [0, 0.05) is 11.4 Å². The van der Waals surface area contributed by atoms with Gasteiger partial charge in [-0.25, -0.2) is 13.2 Å². The van der Waals surface area contributed by atoms with Gasteiger partial charge in [0.25, 0.3) is 10.0 Å². The van der Waals surface area contributed by atoms with Crippen molar-refractivity contribution < 1.29 is 31.1 Å². The van der Waals surface area contributed by atoms with Crippen molar-refractivity contribution in [1.29, 1.82) is 0 Å². The van der Waals surface area contributed by atoms with E-state index in [4.69, 9.17) is 0 Å². The molecule has 1 amide bonds. The predicted molar refractivity (Wildman–Crippen MR) is 89.3 cm³/mol. The van der Waals surface area contributed by atoms with Crippen molar-refractivity contribution >= 4 is 27.5 Å². The molecule has 10 heteroatoms. The Labute approximate surface area is 148 Å². The summed E-state index contributed by atoms with van der Waals surface area (Å²) in [5.74, 6) is 0. The molecule has 0 saturated carbocycles. The minimum Gasteiger partial charge on any atom is -0.450 e. The number of hydrogen-bond acceptors (Lipinski definition) is 4. The summed E-state index contributed by atoms with van der Waals surface area (Å²) >= 11 is 0. The topological polar surface area (TPSA) is 84.5 Å². The lowest BCUT2D eigenvalue weighted by molar-refractivity contribution is -0.137. The molecular weight excluding hydrogens is 373 g/mol. The van der Waals surface area contributed by atoms with E-state index in [1.165, 1.54) is 30.3 Å². The lowest BCUT2D eigenvalue weighted by atomic mass is 10.2. The summed E-state index contributed by atoms with van der Waals surface area (Å²) in [4.78, 5) is 11.1. The van der Waals surface area contributed by atoms with Crippen molar-refractivity contribution in [2.45, 2.75) is 18.0 Å². The molecule has 0 atom stereocenters. The van der Waals surface area contributed by atoms with E-state index in [-0.39, 0.29) is 17.2 Å². The van der Waals surface area contributed by atoms with Crippen molar-refractivity contribution in [3.8, 4) is 0 Å². The molecule has 0 bridgehead atoms. The van der Waals surface area contributed by atoms with Crippen LogP contribution in [0.3, 0.4) is 0 Å².